The first-order valence-electron chi connectivity index (χ1n) is 5.56. The lowest BCUT2D eigenvalue weighted by Gasteiger charge is -2.12. The van der Waals surface area contributed by atoms with Gasteiger partial charge in [-0.1, -0.05) is 12.1 Å². The van der Waals surface area contributed by atoms with Crippen molar-refractivity contribution in [3.63, 3.8) is 0 Å². The summed E-state index contributed by atoms with van der Waals surface area (Å²) >= 11 is 0. The number of anilines is 1. The standard InChI is InChI=1S/C12H19N3/c1-9-2-3-11-7-10(8-15-13)4-5-14-12(11)6-9/h2-3,6,10,14-15H,4-5,7-8,13H2,1H3. The molecule has 0 aliphatic carbocycles. The number of hydrogen-bond acceptors (Lipinski definition) is 3. The molecule has 15 heavy (non-hydrogen) atoms. The van der Waals surface area contributed by atoms with E-state index in [2.05, 4.69) is 35.9 Å². The summed E-state index contributed by atoms with van der Waals surface area (Å²) in [5.41, 5.74) is 6.81. The molecule has 0 spiro atoms. The molecule has 2 rings (SSSR count). The van der Waals surface area contributed by atoms with Gasteiger partial charge in [0.15, 0.2) is 0 Å². The molecule has 1 atom stereocenters. The van der Waals surface area contributed by atoms with E-state index >= 15 is 0 Å². The summed E-state index contributed by atoms with van der Waals surface area (Å²) in [7, 11) is 0. The average molecular weight is 205 g/mol. The smallest absolute Gasteiger partial charge is 0.0375 e. The van der Waals surface area contributed by atoms with E-state index in [0.29, 0.717) is 5.92 Å². The minimum Gasteiger partial charge on any atom is -0.385 e. The Kier molecular flexibility index (Phi) is 3.23. The summed E-state index contributed by atoms with van der Waals surface area (Å²) in [5.74, 6) is 6.03. The quantitative estimate of drug-likeness (QED) is 0.506. The molecular weight excluding hydrogens is 186 g/mol. The predicted molar refractivity (Wildman–Crippen MR) is 63.7 cm³/mol. The third kappa shape index (κ3) is 2.49. The third-order valence-electron chi connectivity index (χ3n) is 3.05. The maximum Gasteiger partial charge on any atom is 0.0375 e. The maximum absolute atomic E-state index is 5.38. The zero-order valence-electron chi connectivity index (χ0n) is 9.22. The molecule has 82 valence electrons. The van der Waals surface area contributed by atoms with Crippen molar-refractivity contribution in [2.45, 2.75) is 19.8 Å². The van der Waals surface area contributed by atoms with E-state index in [1.54, 1.807) is 0 Å². The number of fused-ring (bicyclic) bond motifs is 1. The topological polar surface area (TPSA) is 50.1 Å². The fourth-order valence-corrected chi connectivity index (χ4v) is 2.20. The number of hydrazine groups is 1. The Balaban J connectivity index is 2.18. The summed E-state index contributed by atoms with van der Waals surface area (Å²) in [6.45, 7) is 4.07. The van der Waals surface area contributed by atoms with Gasteiger partial charge in [-0.2, -0.15) is 0 Å². The molecule has 0 fully saturated rings. The summed E-state index contributed by atoms with van der Waals surface area (Å²) in [4.78, 5) is 0. The van der Waals surface area contributed by atoms with Gasteiger partial charge < -0.3 is 5.32 Å². The van der Waals surface area contributed by atoms with Crippen LogP contribution in [0.25, 0.3) is 0 Å². The van der Waals surface area contributed by atoms with Crippen LogP contribution in [0.5, 0.6) is 0 Å². The van der Waals surface area contributed by atoms with Crippen molar-refractivity contribution in [2.75, 3.05) is 18.4 Å². The highest BCUT2D eigenvalue weighted by molar-refractivity contribution is 5.54. The molecule has 4 N–H and O–H groups in total. The van der Waals surface area contributed by atoms with Crippen LogP contribution in [-0.2, 0) is 6.42 Å². The second kappa shape index (κ2) is 4.64. The highest BCUT2D eigenvalue weighted by atomic mass is 15.2. The van der Waals surface area contributed by atoms with Gasteiger partial charge in [-0.05, 0) is 42.9 Å². The van der Waals surface area contributed by atoms with Crippen LogP contribution in [-0.4, -0.2) is 13.1 Å². The Morgan fingerprint density at radius 2 is 2.40 bits per heavy atom. The first-order chi connectivity index (χ1) is 7.29. The molecule has 1 unspecified atom stereocenters. The van der Waals surface area contributed by atoms with Crippen molar-refractivity contribution in [3.05, 3.63) is 29.3 Å². The Hall–Kier alpha value is -1.06. The van der Waals surface area contributed by atoms with Crippen LogP contribution in [0.1, 0.15) is 17.5 Å². The molecule has 1 aliphatic heterocycles. The summed E-state index contributed by atoms with van der Waals surface area (Å²) in [6.07, 6.45) is 2.30. The van der Waals surface area contributed by atoms with E-state index < -0.39 is 0 Å². The Labute approximate surface area is 91.0 Å². The van der Waals surface area contributed by atoms with Crippen LogP contribution in [0.4, 0.5) is 5.69 Å². The summed E-state index contributed by atoms with van der Waals surface area (Å²) in [5, 5.41) is 3.49. The van der Waals surface area contributed by atoms with Crippen molar-refractivity contribution in [2.24, 2.45) is 11.8 Å². The fourth-order valence-electron chi connectivity index (χ4n) is 2.20. The van der Waals surface area contributed by atoms with Crippen LogP contribution >= 0.6 is 0 Å². The molecule has 3 nitrogen and oxygen atoms in total. The zero-order valence-corrected chi connectivity index (χ0v) is 9.22. The van der Waals surface area contributed by atoms with E-state index in [-0.39, 0.29) is 0 Å². The highest BCUT2D eigenvalue weighted by Crippen LogP contribution is 2.25. The van der Waals surface area contributed by atoms with Gasteiger partial charge in [0.2, 0.25) is 0 Å². The van der Waals surface area contributed by atoms with E-state index in [9.17, 15) is 0 Å². The van der Waals surface area contributed by atoms with Crippen molar-refractivity contribution in [1.29, 1.82) is 0 Å². The normalized spacial score (nSPS) is 20.3. The van der Waals surface area contributed by atoms with Crippen LogP contribution in [0.15, 0.2) is 18.2 Å². The zero-order chi connectivity index (χ0) is 10.7. The fraction of sp³-hybridized carbons (Fsp3) is 0.500. The molecule has 1 aromatic carbocycles. The minimum atomic E-state index is 0.645. The number of aryl methyl sites for hydroxylation is 1. The third-order valence-corrected chi connectivity index (χ3v) is 3.05. The number of rotatable bonds is 2. The minimum absolute atomic E-state index is 0.645. The second-order valence-electron chi connectivity index (χ2n) is 4.35. The lowest BCUT2D eigenvalue weighted by atomic mass is 9.96. The molecule has 3 heteroatoms. The average Bonchev–Trinajstić information content (AvgIpc) is 2.40. The van der Waals surface area contributed by atoms with Crippen LogP contribution < -0.4 is 16.6 Å². The molecule has 0 amide bonds. The number of hydrogen-bond donors (Lipinski definition) is 3. The molecule has 0 saturated heterocycles. The lowest BCUT2D eigenvalue weighted by Crippen LogP contribution is -2.30. The van der Waals surface area contributed by atoms with E-state index in [0.717, 1.165) is 19.5 Å². The number of nitrogens with one attached hydrogen (secondary N) is 2. The molecule has 1 aromatic rings. The predicted octanol–water partition coefficient (Wildman–Crippen LogP) is 1.43. The highest BCUT2D eigenvalue weighted by Gasteiger charge is 2.15. The Bertz CT molecular complexity index is 336. The lowest BCUT2D eigenvalue weighted by molar-refractivity contribution is 0.466. The molecule has 0 aromatic heterocycles. The van der Waals surface area contributed by atoms with Crippen molar-refractivity contribution < 1.29 is 0 Å². The molecule has 0 bridgehead atoms. The Morgan fingerprint density at radius 3 is 3.20 bits per heavy atom. The van der Waals surface area contributed by atoms with Crippen molar-refractivity contribution in [3.8, 4) is 0 Å². The monoisotopic (exact) mass is 205 g/mol. The van der Waals surface area contributed by atoms with Crippen LogP contribution in [0.3, 0.4) is 0 Å². The second-order valence-corrected chi connectivity index (χ2v) is 4.35. The van der Waals surface area contributed by atoms with Crippen LogP contribution in [0.2, 0.25) is 0 Å². The van der Waals surface area contributed by atoms with Crippen molar-refractivity contribution >= 4 is 5.69 Å². The van der Waals surface area contributed by atoms with Gasteiger partial charge in [0, 0.05) is 18.8 Å². The summed E-state index contributed by atoms with van der Waals surface area (Å²) < 4.78 is 0. The van der Waals surface area contributed by atoms with Crippen molar-refractivity contribution in [1.82, 2.24) is 5.43 Å². The molecular formula is C12H19N3. The molecule has 1 heterocycles. The van der Waals surface area contributed by atoms with Gasteiger partial charge in [-0.25, -0.2) is 0 Å². The Morgan fingerprint density at radius 1 is 1.53 bits per heavy atom. The van der Waals surface area contributed by atoms with E-state index in [1.807, 2.05) is 0 Å². The van der Waals surface area contributed by atoms with Gasteiger partial charge in [0.05, 0.1) is 0 Å². The van der Waals surface area contributed by atoms with Crippen LogP contribution in [0, 0.1) is 12.8 Å². The van der Waals surface area contributed by atoms with Gasteiger partial charge in [0.25, 0.3) is 0 Å². The van der Waals surface area contributed by atoms with Gasteiger partial charge in [-0.15, -0.1) is 0 Å². The van der Waals surface area contributed by atoms with E-state index in [4.69, 9.17) is 5.84 Å². The van der Waals surface area contributed by atoms with Gasteiger partial charge >= 0.3 is 0 Å². The first kappa shape index (κ1) is 10.5. The number of benzene rings is 1. The first-order valence-corrected chi connectivity index (χ1v) is 5.56. The van der Waals surface area contributed by atoms with Gasteiger partial charge in [0.1, 0.15) is 0 Å². The number of nitrogens with two attached hydrogens (primary N) is 1. The molecule has 0 radical (unpaired) electrons. The SMILES string of the molecule is Cc1ccc2c(c1)NCCC(CNN)C2. The largest absolute Gasteiger partial charge is 0.385 e. The van der Waals surface area contributed by atoms with E-state index in [1.165, 1.54) is 23.2 Å². The maximum atomic E-state index is 5.38. The molecule has 1 aliphatic rings. The molecule has 0 saturated carbocycles. The summed E-state index contributed by atoms with van der Waals surface area (Å²) in [6, 6.07) is 6.64. The van der Waals surface area contributed by atoms with Gasteiger partial charge in [-0.3, -0.25) is 11.3 Å².